The average molecular weight is 352 g/mol. The van der Waals surface area contributed by atoms with Crippen molar-refractivity contribution in [3.8, 4) is 0 Å². The summed E-state index contributed by atoms with van der Waals surface area (Å²) in [5.41, 5.74) is 2.21. The third kappa shape index (κ3) is 3.39. The molecule has 3 aromatic heterocycles. The van der Waals surface area contributed by atoms with E-state index in [1.165, 1.54) is 0 Å². The lowest BCUT2D eigenvalue weighted by Gasteiger charge is -2.01. The van der Waals surface area contributed by atoms with Crippen molar-refractivity contribution in [2.75, 3.05) is 5.32 Å². The van der Waals surface area contributed by atoms with E-state index in [4.69, 9.17) is 11.6 Å². The van der Waals surface area contributed by atoms with Gasteiger partial charge >= 0.3 is 0 Å². The van der Waals surface area contributed by atoms with Crippen LogP contribution < -0.4 is 5.32 Å². The van der Waals surface area contributed by atoms with Crippen LogP contribution in [0.15, 0.2) is 60.9 Å². The second kappa shape index (κ2) is 6.41. The summed E-state index contributed by atoms with van der Waals surface area (Å²) in [5, 5.41) is 8.65. The van der Waals surface area contributed by atoms with Crippen LogP contribution in [0.3, 0.4) is 0 Å². The number of halogens is 1. The smallest absolute Gasteiger partial charge is 0.273 e. The van der Waals surface area contributed by atoms with Gasteiger partial charge in [-0.1, -0.05) is 17.7 Å². The summed E-state index contributed by atoms with van der Waals surface area (Å²) in [4.78, 5) is 19.7. The molecular formula is C18H14ClN5O. The van der Waals surface area contributed by atoms with E-state index in [2.05, 4.69) is 20.4 Å². The Morgan fingerprint density at radius 2 is 2.12 bits per heavy atom. The highest BCUT2D eigenvalue weighted by molar-refractivity contribution is 6.31. The fraction of sp³-hybridized carbons (Fsp3) is 0.0556. The summed E-state index contributed by atoms with van der Waals surface area (Å²) >= 11 is 5.97. The summed E-state index contributed by atoms with van der Waals surface area (Å²) < 4.78 is 1.73. The monoisotopic (exact) mass is 351 g/mol. The van der Waals surface area contributed by atoms with E-state index in [9.17, 15) is 4.79 Å². The Morgan fingerprint density at radius 3 is 2.96 bits per heavy atom. The molecule has 7 heteroatoms. The first-order valence-corrected chi connectivity index (χ1v) is 8.08. The number of fused-ring (bicyclic) bond motifs is 1. The number of aromatic amines is 1. The summed E-state index contributed by atoms with van der Waals surface area (Å²) in [6.45, 7) is 0.543. The number of carbonyl (C=O) groups is 1. The minimum absolute atomic E-state index is 0.254. The summed E-state index contributed by atoms with van der Waals surface area (Å²) in [5.74, 6) is 0.230. The van der Waals surface area contributed by atoms with Gasteiger partial charge < -0.3 is 10.3 Å². The molecule has 0 unspecified atom stereocenters. The number of nitrogens with zero attached hydrogens (tertiary/aromatic N) is 3. The van der Waals surface area contributed by atoms with E-state index in [1.807, 2.05) is 30.3 Å². The molecule has 6 nitrogen and oxygen atoms in total. The normalized spacial score (nSPS) is 10.9. The Bertz CT molecular complexity index is 1040. The minimum Gasteiger partial charge on any atom is -0.351 e. The molecule has 3 heterocycles. The van der Waals surface area contributed by atoms with Gasteiger partial charge in [-0.05, 0) is 36.4 Å². The number of pyridine rings is 1. The maximum Gasteiger partial charge on any atom is 0.273 e. The van der Waals surface area contributed by atoms with Gasteiger partial charge in [-0.2, -0.15) is 5.10 Å². The Morgan fingerprint density at radius 1 is 1.20 bits per heavy atom. The van der Waals surface area contributed by atoms with E-state index < -0.39 is 0 Å². The van der Waals surface area contributed by atoms with Gasteiger partial charge in [-0.3, -0.25) is 14.5 Å². The molecule has 0 aliphatic heterocycles. The van der Waals surface area contributed by atoms with Gasteiger partial charge in [0.1, 0.15) is 5.69 Å². The van der Waals surface area contributed by atoms with Crippen molar-refractivity contribution in [2.24, 2.45) is 0 Å². The molecule has 4 rings (SSSR count). The lowest BCUT2D eigenvalue weighted by Crippen LogP contribution is -2.13. The highest BCUT2D eigenvalue weighted by Gasteiger charge is 2.11. The van der Waals surface area contributed by atoms with Gasteiger partial charge in [0.25, 0.3) is 5.91 Å². The van der Waals surface area contributed by atoms with E-state index in [0.29, 0.717) is 23.1 Å². The summed E-state index contributed by atoms with van der Waals surface area (Å²) in [6.07, 6.45) is 3.54. The molecule has 0 saturated carbocycles. The number of hydrogen-bond donors (Lipinski definition) is 2. The van der Waals surface area contributed by atoms with Crippen molar-refractivity contribution in [1.29, 1.82) is 0 Å². The number of aromatic nitrogens is 4. The van der Waals surface area contributed by atoms with E-state index in [1.54, 1.807) is 35.3 Å². The van der Waals surface area contributed by atoms with Gasteiger partial charge in [0, 0.05) is 34.4 Å². The fourth-order valence-corrected chi connectivity index (χ4v) is 2.76. The zero-order valence-corrected chi connectivity index (χ0v) is 13.9. The molecule has 2 N–H and O–H groups in total. The second-order valence-electron chi connectivity index (χ2n) is 5.59. The fourth-order valence-electron chi connectivity index (χ4n) is 2.58. The Kier molecular flexibility index (Phi) is 3.95. The molecule has 0 spiro atoms. The zero-order valence-electron chi connectivity index (χ0n) is 13.1. The standard InChI is InChI=1S/C18H14ClN5O/c19-13-4-5-15-12(9-13)10-16(21-15)18(25)22-17-6-8-24(23-17)11-14-3-1-2-7-20-14/h1-10,21H,11H2,(H,22,23,25). The van der Waals surface area contributed by atoms with Crippen molar-refractivity contribution in [3.63, 3.8) is 0 Å². The lowest BCUT2D eigenvalue weighted by atomic mass is 10.2. The molecular weight excluding hydrogens is 338 g/mol. The molecule has 0 radical (unpaired) electrons. The van der Waals surface area contributed by atoms with E-state index >= 15 is 0 Å². The van der Waals surface area contributed by atoms with E-state index in [0.717, 1.165) is 16.6 Å². The number of carbonyl (C=O) groups excluding carboxylic acids is 1. The van der Waals surface area contributed by atoms with Crippen molar-refractivity contribution in [2.45, 2.75) is 6.54 Å². The highest BCUT2D eigenvalue weighted by atomic mass is 35.5. The van der Waals surface area contributed by atoms with Crippen LogP contribution in [0.25, 0.3) is 10.9 Å². The quantitative estimate of drug-likeness (QED) is 0.588. The number of nitrogens with one attached hydrogen (secondary N) is 2. The highest BCUT2D eigenvalue weighted by Crippen LogP contribution is 2.20. The summed E-state index contributed by atoms with van der Waals surface area (Å²) in [6, 6.07) is 14.7. The van der Waals surface area contributed by atoms with Crippen LogP contribution in [0.5, 0.6) is 0 Å². The number of anilines is 1. The number of H-pyrrole nitrogens is 1. The minimum atomic E-state index is -0.254. The molecule has 1 aromatic carbocycles. The van der Waals surface area contributed by atoms with Gasteiger partial charge in [0.05, 0.1) is 12.2 Å². The molecule has 0 fully saturated rings. The molecule has 25 heavy (non-hydrogen) atoms. The number of rotatable bonds is 4. The molecule has 0 aliphatic rings. The molecule has 1 amide bonds. The summed E-state index contributed by atoms with van der Waals surface area (Å²) in [7, 11) is 0. The molecule has 0 bridgehead atoms. The maximum absolute atomic E-state index is 12.4. The average Bonchev–Trinajstić information content (AvgIpc) is 3.22. The number of benzene rings is 1. The van der Waals surface area contributed by atoms with Gasteiger partial charge in [0.15, 0.2) is 5.82 Å². The second-order valence-corrected chi connectivity index (χ2v) is 6.02. The number of amides is 1. The lowest BCUT2D eigenvalue weighted by molar-refractivity contribution is 0.102. The Hall–Kier alpha value is -3.12. The topological polar surface area (TPSA) is 75.6 Å². The van der Waals surface area contributed by atoms with Crippen LogP contribution in [0.1, 0.15) is 16.2 Å². The zero-order chi connectivity index (χ0) is 17.2. The molecule has 124 valence electrons. The van der Waals surface area contributed by atoms with Crippen LogP contribution >= 0.6 is 11.6 Å². The SMILES string of the molecule is O=C(Nc1ccn(Cc2ccccn2)n1)c1cc2cc(Cl)ccc2[nH]1. The molecule has 0 saturated heterocycles. The largest absolute Gasteiger partial charge is 0.351 e. The van der Waals surface area contributed by atoms with Crippen molar-refractivity contribution < 1.29 is 4.79 Å². The van der Waals surface area contributed by atoms with Crippen LogP contribution in [0.4, 0.5) is 5.82 Å². The third-order valence-corrected chi connectivity index (χ3v) is 3.99. The number of hydrogen-bond acceptors (Lipinski definition) is 3. The molecule has 4 aromatic rings. The molecule has 0 atom stereocenters. The molecule has 0 aliphatic carbocycles. The van der Waals surface area contributed by atoms with Crippen LogP contribution in [0.2, 0.25) is 5.02 Å². The maximum atomic E-state index is 12.4. The van der Waals surface area contributed by atoms with Crippen LogP contribution in [-0.2, 0) is 6.54 Å². The van der Waals surface area contributed by atoms with Gasteiger partial charge in [-0.25, -0.2) is 0 Å². The predicted octanol–water partition coefficient (Wildman–Crippen LogP) is 3.71. The predicted molar refractivity (Wildman–Crippen MR) is 96.8 cm³/mol. The van der Waals surface area contributed by atoms with Crippen molar-refractivity contribution >= 4 is 34.2 Å². The first-order chi connectivity index (χ1) is 12.2. The van der Waals surface area contributed by atoms with Crippen LogP contribution in [-0.4, -0.2) is 25.7 Å². The Balaban J connectivity index is 1.48. The van der Waals surface area contributed by atoms with Crippen LogP contribution in [0, 0.1) is 0 Å². The van der Waals surface area contributed by atoms with Crippen molar-refractivity contribution in [3.05, 3.63) is 77.3 Å². The van der Waals surface area contributed by atoms with Gasteiger partial charge in [0.2, 0.25) is 0 Å². The van der Waals surface area contributed by atoms with Gasteiger partial charge in [-0.15, -0.1) is 0 Å². The Labute approximate surface area is 148 Å². The first kappa shape index (κ1) is 15.4. The van der Waals surface area contributed by atoms with E-state index in [-0.39, 0.29) is 5.91 Å². The first-order valence-electron chi connectivity index (χ1n) is 7.70. The van der Waals surface area contributed by atoms with Crippen molar-refractivity contribution in [1.82, 2.24) is 19.7 Å². The third-order valence-electron chi connectivity index (χ3n) is 3.76.